The number of rotatable bonds is 2. The van der Waals surface area contributed by atoms with Gasteiger partial charge in [-0.3, -0.25) is 0 Å². The second-order valence-electron chi connectivity index (χ2n) is 4.83. The summed E-state index contributed by atoms with van der Waals surface area (Å²) in [6.07, 6.45) is 1.87. The minimum atomic E-state index is 0.942. The van der Waals surface area contributed by atoms with Gasteiger partial charge in [0.25, 0.3) is 0 Å². The van der Waals surface area contributed by atoms with E-state index in [0.717, 1.165) is 17.1 Å². The summed E-state index contributed by atoms with van der Waals surface area (Å²) in [6.45, 7) is 4.07. The molecule has 2 heteroatoms. The van der Waals surface area contributed by atoms with Gasteiger partial charge >= 0.3 is 0 Å². The molecule has 1 N–H and O–H groups in total. The minimum Gasteiger partial charge on any atom is -0.342 e. The van der Waals surface area contributed by atoms with E-state index in [0.29, 0.717) is 0 Å². The topological polar surface area (TPSA) is 28.7 Å². The van der Waals surface area contributed by atoms with E-state index < -0.39 is 0 Å². The zero-order chi connectivity index (χ0) is 13.2. The first-order valence-corrected chi connectivity index (χ1v) is 6.41. The molecule has 1 aromatic heterocycles. The van der Waals surface area contributed by atoms with Gasteiger partial charge in [0.1, 0.15) is 5.82 Å². The predicted molar refractivity (Wildman–Crippen MR) is 78.9 cm³/mol. The highest BCUT2D eigenvalue weighted by molar-refractivity contribution is 5.68. The Kier molecular flexibility index (Phi) is 2.92. The van der Waals surface area contributed by atoms with Crippen LogP contribution in [0.2, 0.25) is 0 Å². The fraction of sp³-hybridized carbons (Fsp3) is 0.118. The highest BCUT2D eigenvalue weighted by Crippen LogP contribution is 2.24. The molecule has 3 rings (SSSR count). The maximum absolute atomic E-state index is 4.23. The Morgan fingerprint density at radius 2 is 1.26 bits per heavy atom. The first-order valence-electron chi connectivity index (χ1n) is 6.41. The molecule has 19 heavy (non-hydrogen) atoms. The second-order valence-corrected chi connectivity index (χ2v) is 4.83. The van der Waals surface area contributed by atoms with Crippen molar-refractivity contribution in [1.29, 1.82) is 0 Å². The van der Waals surface area contributed by atoms with E-state index in [4.69, 9.17) is 0 Å². The molecule has 0 atom stereocenters. The van der Waals surface area contributed by atoms with Gasteiger partial charge in [0.15, 0.2) is 0 Å². The average Bonchev–Trinajstić information content (AvgIpc) is 2.87. The average molecular weight is 248 g/mol. The third-order valence-corrected chi connectivity index (χ3v) is 3.28. The van der Waals surface area contributed by atoms with Crippen molar-refractivity contribution in [3.8, 4) is 22.4 Å². The monoisotopic (exact) mass is 248 g/mol. The summed E-state index contributed by atoms with van der Waals surface area (Å²) in [4.78, 5) is 7.48. The highest BCUT2D eigenvalue weighted by atomic mass is 14.9. The summed E-state index contributed by atoms with van der Waals surface area (Å²) in [5.41, 5.74) is 6.00. The number of aryl methyl sites for hydroxylation is 2. The van der Waals surface area contributed by atoms with E-state index in [1.54, 1.807) is 0 Å². The number of benzene rings is 2. The lowest BCUT2D eigenvalue weighted by Gasteiger charge is -2.04. The van der Waals surface area contributed by atoms with E-state index >= 15 is 0 Å². The molecule has 0 saturated carbocycles. The van der Waals surface area contributed by atoms with Gasteiger partial charge in [-0.25, -0.2) is 4.98 Å². The van der Waals surface area contributed by atoms with Crippen molar-refractivity contribution in [2.45, 2.75) is 13.8 Å². The molecule has 0 unspecified atom stereocenters. The van der Waals surface area contributed by atoms with Gasteiger partial charge in [-0.15, -0.1) is 0 Å². The smallest absolute Gasteiger partial charge is 0.103 e. The maximum atomic E-state index is 4.23. The van der Waals surface area contributed by atoms with Crippen LogP contribution in [0.15, 0.2) is 54.7 Å². The third-order valence-electron chi connectivity index (χ3n) is 3.28. The van der Waals surface area contributed by atoms with Crippen LogP contribution in [-0.2, 0) is 0 Å². The van der Waals surface area contributed by atoms with Gasteiger partial charge in [0, 0.05) is 0 Å². The normalized spacial score (nSPS) is 10.6. The predicted octanol–water partition coefficient (Wildman–Crippen LogP) is 4.36. The quantitative estimate of drug-likeness (QED) is 0.717. The molecule has 3 aromatic rings. The maximum Gasteiger partial charge on any atom is 0.103 e. The first kappa shape index (κ1) is 11.7. The van der Waals surface area contributed by atoms with Crippen molar-refractivity contribution >= 4 is 0 Å². The molecule has 0 radical (unpaired) electrons. The van der Waals surface area contributed by atoms with Crippen LogP contribution in [-0.4, -0.2) is 9.97 Å². The molecule has 0 aliphatic carbocycles. The number of nitrogens with one attached hydrogen (secondary N) is 1. The number of H-pyrrole nitrogens is 1. The molecular weight excluding hydrogens is 232 g/mol. The van der Waals surface area contributed by atoms with Crippen molar-refractivity contribution in [3.05, 3.63) is 66.1 Å². The minimum absolute atomic E-state index is 0.942. The van der Waals surface area contributed by atoms with Gasteiger partial charge in [-0.1, -0.05) is 54.1 Å². The Morgan fingerprint density at radius 3 is 1.79 bits per heavy atom. The summed E-state index contributed by atoms with van der Waals surface area (Å²) in [5.74, 6) is 0.942. The van der Waals surface area contributed by atoms with E-state index in [1.165, 1.54) is 16.7 Å². The van der Waals surface area contributed by atoms with Crippen LogP contribution < -0.4 is 0 Å². The molecule has 1 heterocycles. The van der Waals surface area contributed by atoms with Crippen LogP contribution in [0.25, 0.3) is 22.4 Å². The Morgan fingerprint density at radius 1 is 0.737 bits per heavy atom. The Labute approximate surface area is 113 Å². The molecule has 94 valence electrons. The van der Waals surface area contributed by atoms with Crippen molar-refractivity contribution in [2.75, 3.05) is 0 Å². The SMILES string of the molecule is Cc1ccc(-c2ccc(-c3cnc(C)[nH]3)cc2)cc1. The summed E-state index contributed by atoms with van der Waals surface area (Å²) >= 11 is 0. The number of imidazole rings is 1. The Hall–Kier alpha value is -2.35. The van der Waals surface area contributed by atoms with Crippen molar-refractivity contribution in [3.63, 3.8) is 0 Å². The van der Waals surface area contributed by atoms with Crippen molar-refractivity contribution in [1.82, 2.24) is 9.97 Å². The Balaban J connectivity index is 1.92. The third kappa shape index (κ3) is 2.43. The summed E-state index contributed by atoms with van der Waals surface area (Å²) in [7, 11) is 0. The lowest BCUT2D eigenvalue weighted by atomic mass is 10.0. The van der Waals surface area contributed by atoms with Crippen LogP contribution in [0.1, 0.15) is 11.4 Å². The van der Waals surface area contributed by atoms with Crippen molar-refractivity contribution < 1.29 is 0 Å². The van der Waals surface area contributed by atoms with E-state index in [-0.39, 0.29) is 0 Å². The molecule has 2 aromatic carbocycles. The molecule has 0 fully saturated rings. The number of hydrogen-bond donors (Lipinski definition) is 1. The largest absolute Gasteiger partial charge is 0.342 e. The molecule has 0 saturated heterocycles. The number of aromatic nitrogens is 2. The van der Waals surface area contributed by atoms with E-state index in [1.807, 2.05) is 13.1 Å². The van der Waals surface area contributed by atoms with Crippen LogP contribution in [0.3, 0.4) is 0 Å². The van der Waals surface area contributed by atoms with Gasteiger partial charge in [0.05, 0.1) is 11.9 Å². The summed E-state index contributed by atoms with van der Waals surface area (Å²) in [5, 5.41) is 0. The zero-order valence-electron chi connectivity index (χ0n) is 11.1. The standard InChI is InChI=1S/C17H16N2/c1-12-3-5-14(6-4-12)15-7-9-16(10-8-15)17-11-18-13(2)19-17/h3-11H,1-2H3,(H,18,19). The van der Waals surface area contributed by atoms with Gasteiger partial charge in [-0.2, -0.15) is 0 Å². The Bertz CT molecular complexity index is 676. The van der Waals surface area contributed by atoms with Crippen molar-refractivity contribution in [2.24, 2.45) is 0 Å². The zero-order valence-corrected chi connectivity index (χ0v) is 11.1. The van der Waals surface area contributed by atoms with Gasteiger partial charge < -0.3 is 4.98 Å². The van der Waals surface area contributed by atoms with Crippen LogP contribution in [0, 0.1) is 13.8 Å². The number of nitrogens with zero attached hydrogens (tertiary/aromatic N) is 1. The fourth-order valence-electron chi connectivity index (χ4n) is 2.16. The summed E-state index contributed by atoms with van der Waals surface area (Å²) in [6, 6.07) is 17.1. The lowest BCUT2D eigenvalue weighted by Crippen LogP contribution is -1.81. The fourth-order valence-corrected chi connectivity index (χ4v) is 2.16. The summed E-state index contributed by atoms with van der Waals surface area (Å²) < 4.78 is 0. The highest BCUT2D eigenvalue weighted by Gasteiger charge is 2.02. The van der Waals surface area contributed by atoms with E-state index in [9.17, 15) is 0 Å². The molecule has 0 aliphatic rings. The molecule has 0 amide bonds. The molecule has 0 spiro atoms. The van der Waals surface area contributed by atoms with Crippen LogP contribution in [0.5, 0.6) is 0 Å². The molecular formula is C17H16N2. The lowest BCUT2D eigenvalue weighted by molar-refractivity contribution is 1.15. The molecule has 2 nitrogen and oxygen atoms in total. The van der Waals surface area contributed by atoms with Gasteiger partial charge in [-0.05, 0) is 30.5 Å². The number of hydrogen-bond acceptors (Lipinski definition) is 1. The van der Waals surface area contributed by atoms with Gasteiger partial charge in [0.2, 0.25) is 0 Å². The number of aromatic amines is 1. The van der Waals surface area contributed by atoms with E-state index in [2.05, 4.69) is 65.4 Å². The van der Waals surface area contributed by atoms with Crippen LogP contribution >= 0.6 is 0 Å². The van der Waals surface area contributed by atoms with Crippen LogP contribution in [0.4, 0.5) is 0 Å². The first-order chi connectivity index (χ1) is 9.22. The second kappa shape index (κ2) is 4.73. The molecule has 0 bridgehead atoms. The molecule has 0 aliphatic heterocycles.